The van der Waals surface area contributed by atoms with Gasteiger partial charge in [-0.05, 0) is 39.7 Å². The fourth-order valence-electron chi connectivity index (χ4n) is 2.84. The van der Waals surface area contributed by atoms with E-state index < -0.39 is 10.0 Å². The lowest BCUT2D eigenvalue weighted by Crippen LogP contribution is -2.47. The second-order valence-electron chi connectivity index (χ2n) is 5.37. The Hall–Kier alpha value is -1.14. The van der Waals surface area contributed by atoms with Crippen LogP contribution in [0.4, 0.5) is 5.82 Å². The van der Waals surface area contributed by atoms with E-state index in [1.165, 1.54) is 0 Å². The summed E-state index contributed by atoms with van der Waals surface area (Å²) < 4.78 is 27.3. The molecule has 2 rings (SSSR count). The summed E-state index contributed by atoms with van der Waals surface area (Å²) in [6, 6.07) is 3.30. The monoisotopic (exact) mass is 297 g/mol. The molecule has 1 fully saturated rings. The molecule has 0 bridgehead atoms. The van der Waals surface area contributed by atoms with E-state index in [1.54, 1.807) is 22.6 Å². The van der Waals surface area contributed by atoms with Crippen LogP contribution in [-0.2, 0) is 10.0 Å². The maximum Gasteiger partial charge on any atom is 0.243 e. The first-order chi connectivity index (χ1) is 9.46. The Labute approximate surface area is 121 Å². The summed E-state index contributed by atoms with van der Waals surface area (Å²) in [5.74, 6) is 0.603. The molecular weight excluding hydrogens is 274 g/mol. The first-order valence-corrected chi connectivity index (χ1v) is 8.64. The number of pyridine rings is 1. The number of nitrogens with one attached hydrogen (secondary N) is 1. The van der Waals surface area contributed by atoms with Crippen molar-refractivity contribution in [1.82, 2.24) is 9.29 Å². The molecule has 1 N–H and O–H groups in total. The normalized spacial score (nSPS) is 24.6. The van der Waals surface area contributed by atoms with E-state index in [2.05, 4.69) is 10.3 Å². The fourth-order valence-corrected chi connectivity index (χ4v) is 4.74. The standard InChI is InChI=1S/C14H23N3O2S/c1-4-15-14-10-13(8-9-16-14)20(18,19)17-11(2)6-5-7-12(17)3/h8-12H,4-7H2,1-3H3,(H,15,16)/t11-,12+. The van der Waals surface area contributed by atoms with Gasteiger partial charge in [-0.15, -0.1) is 0 Å². The molecule has 1 saturated heterocycles. The third kappa shape index (κ3) is 2.96. The van der Waals surface area contributed by atoms with Crippen LogP contribution in [0, 0.1) is 0 Å². The van der Waals surface area contributed by atoms with Crippen LogP contribution in [0.5, 0.6) is 0 Å². The molecule has 0 saturated carbocycles. The van der Waals surface area contributed by atoms with E-state index in [0.29, 0.717) is 17.3 Å². The first kappa shape index (κ1) is 15.3. The van der Waals surface area contributed by atoms with Gasteiger partial charge in [0.05, 0.1) is 4.90 Å². The molecule has 1 aromatic heterocycles. The van der Waals surface area contributed by atoms with Gasteiger partial charge in [0.15, 0.2) is 0 Å². The molecule has 0 unspecified atom stereocenters. The number of piperidine rings is 1. The van der Waals surface area contributed by atoms with Crippen molar-refractivity contribution in [3.63, 3.8) is 0 Å². The summed E-state index contributed by atoms with van der Waals surface area (Å²) in [6.07, 6.45) is 4.49. The van der Waals surface area contributed by atoms with Crippen molar-refractivity contribution in [3.05, 3.63) is 18.3 Å². The molecule has 0 aromatic carbocycles. The summed E-state index contributed by atoms with van der Waals surface area (Å²) in [5.41, 5.74) is 0. The van der Waals surface area contributed by atoms with Gasteiger partial charge in [-0.25, -0.2) is 13.4 Å². The van der Waals surface area contributed by atoms with Crippen LogP contribution in [-0.4, -0.2) is 36.3 Å². The van der Waals surface area contributed by atoms with E-state index in [0.717, 1.165) is 19.3 Å². The molecule has 2 heterocycles. The molecule has 0 aliphatic carbocycles. The van der Waals surface area contributed by atoms with E-state index in [-0.39, 0.29) is 12.1 Å². The van der Waals surface area contributed by atoms with Gasteiger partial charge in [0.1, 0.15) is 5.82 Å². The third-order valence-corrected chi connectivity index (χ3v) is 5.90. The summed E-state index contributed by atoms with van der Waals surface area (Å²) in [7, 11) is -3.45. The van der Waals surface area contributed by atoms with Crippen LogP contribution in [0.25, 0.3) is 0 Å². The van der Waals surface area contributed by atoms with Gasteiger partial charge in [0, 0.05) is 30.9 Å². The first-order valence-electron chi connectivity index (χ1n) is 7.20. The number of rotatable bonds is 4. The highest BCUT2D eigenvalue weighted by molar-refractivity contribution is 7.89. The number of hydrogen-bond acceptors (Lipinski definition) is 4. The molecule has 0 radical (unpaired) electrons. The SMILES string of the molecule is CCNc1cc(S(=O)(=O)N2[C@H](C)CCC[C@@H]2C)ccn1. The number of nitrogens with zero attached hydrogens (tertiary/aromatic N) is 2. The Balaban J connectivity index is 2.36. The lowest BCUT2D eigenvalue weighted by molar-refractivity contribution is 0.204. The Morgan fingerprint density at radius 1 is 1.35 bits per heavy atom. The van der Waals surface area contributed by atoms with Crippen molar-refractivity contribution in [2.24, 2.45) is 0 Å². The minimum Gasteiger partial charge on any atom is -0.370 e. The molecule has 112 valence electrons. The summed E-state index contributed by atoms with van der Waals surface area (Å²) in [6.45, 7) is 6.64. The summed E-state index contributed by atoms with van der Waals surface area (Å²) in [4.78, 5) is 4.45. The molecule has 5 nitrogen and oxygen atoms in total. The summed E-state index contributed by atoms with van der Waals surface area (Å²) in [5, 5.41) is 3.05. The summed E-state index contributed by atoms with van der Waals surface area (Å²) >= 11 is 0. The van der Waals surface area contributed by atoms with Gasteiger partial charge >= 0.3 is 0 Å². The topological polar surface area (TPSA) is 62.3 Å². The average Bonchev–Trinajstić information content (AvgIpc) is 2.39. The molecule has 1 aliphatic heterocycles. The minimum absolute atomic E-state index is 0.0551. The van der Waals surface area contributed by atoms with Crippen LogP contribution in [0.3, 0.4) is 0 Å². The van der Waals surface area contributed by atoms with Gasteiger partial charge in [0.25, 0.3) is 0 Å². The van der Waals surface area contributed by atoms with Crippen LogP contribution in [0.15, 0.2) is 23.2 Å². The second kappa shape index (κ2) is 6.10. The highest BCUT2D eigenvalue weighted by Gasteiger charge is 2.35. The van der Waals surface area contributed by atoms with Crippen LogP contribution >= 0.6 is 0 Å². The van der Waals surface area contributed by atoms with Crippen molar-refractivity contribution in [2.75, 3.05) is 11.9 Å². The number of anilines is 1. The Morgan fingerprint density at radius 3 is 2.60 bits per heavy atom. The van der Waals surface area contributed by atoms with Crippen molar-refractivity contribution in [1.29, 1.82) is 0 Å². The van der Waals surface area contributed by atoms with E-state index >= 15 is 0 Å². The van der Waals surface area contributed by atoms with Gasteiger partial charge in [0.2, 0.25) is 10.0 Å². The quantitative estimate of drug-likeness (QED) is 0.927. The van der Waals surface area contributed by atoms with Crippen molar-refractivity contribution in [2.45, 2.75) is 57.0 Å². The zero-order valence-corrected chi connectivity index (χ0v) is 13.2. The fraction of sp³-hybridized carbons (Fsp3) is 0.643. The van der Waals surface area contributed by atoms with Crippen LogP contribution in [0.2, 0.25) is 0 Å². The van der Waals surface area contributed by atoms with Crippen molar-refractivity contribution >= 4 is 15.8 Å². The maximum atomic E-state index is 12.8. The van der Waals surface area contributed by atoms with Gasteiger partial charge in [-0.1, -0.05) is 6.42 Å². The lowest BCUT2D eigenvalue weighted by Gasteiger charge is -2.37. The zero-order chi connectivity index (χ0) is 14.8. The van der Waals surface area contributed by atoms with E-state index in [1.807, 2.05) is 20.8 Å². The predicted molar refractivity (Wildman–Crippen MR) is 80.2 cm³/mol. The largest absolute Gasteiger partial charge is 0.370 e. The highest BCUT2D eigenvalue weighted by Crippen LogP contribution is 2.29. The minimum atomic E-state index is -3.45. The Kier molecular flexibility index (Phi) is 4.65. The average molecular weight is 297 g/mol. The maximum absolute atomic E-state index is 12.8. The molecular formula is C14H23N3O2S. The van der Waals surface area contributed by atoms with E-state index in [4.69, 9.17) is 0 Å². The predicted octanol–water partition coefficient (Wildman–Crippen LogP) is 2.47. The zero-order valence-electron chi connectivity index (χ0n) is 12.3. The number of sulfonamides is 1. The van der Waals surface area contributed by atoms with Gasteiger partial charge in [-0.2, -0.15) is 4.31 Å². The van der Waals surface area contributed by atoms with Gasteiger partial charge in [-0.3, -0.25) is 0 Å². The molecule has 2 atom stereocenters. The van der Waals surface area contributed by atoms with Crippen LogP contribution in [0.1, 0.15) is 40.0 Å². The highest BCUT2D eigenvalue weighted by atomic mass is 32.2. The smallest absolute Gasteiger partial charge is 0.243 e. The lowest BCUT2D eigenvalue weighted by atomic mass is 10.0. The van der Waals surface area contributed by atoms with Crippen molar-refractivity contribution in [3.8, 4) is 0 Å². The number of aromatic nitrogens is 1. The number of hydrogen-bond donors (Lipinski definition) is 1. The second-order valence-corrected chi connectivity index (χ2v) is 7.21. The molecule has 20 heavy (non-hydrogen) atoms. The van der Waals surface area contributed by atoms with E-state index in [9.17, 15) is 8.42 Å². The molecule has 0 amide bonds. The molecule has 6 heteroatoms. The third-order valence-electron chi connectivity index (χ3n) is 3.78. The molecule has 1 aliphatic rings. The molecule has 0 spiro atoms. The Bertz CT molecular complexity index is 549. The van der Waals surface area contributed by atoms with Crippen molar-refractivity contribution < 1.29 is 8.42 Å². The van der Waals surface area contributed by atoms with Crippen LogP contribution < -0.4 is 5.32 Å². The Morgan fingerprint density at radius 2 is 2.00 bits per heavy atom. The van der Waals surface area contributed by atoms with Gasteiger partial charge < -0.3 is 5.32 Å². The molecule has 1 aromatic rings.